The van der Waals surface area contributed by atoms with Crippen molar-refractivity contribution in [3.63, 3.8) is 0 Å². The highest BCUT2D eigenvalue weighted by Crippen LogP contribution is 2.28. The first-order valence-corrected chi connectivity index (χ1v) is 9.87. The molecule has 2 aromatic heterocycles. The van der Waals surface area contributed by atoms with Gasteiger partial charge in [-0.15, -0.1) is 0 Å². The molecule has 0 atom stereocenters. The number of aromatic nitrogens is 3. The molecule has 31 heavy (non-hydrogen) atoms. The summed E-state index contributed by atoms with van der Waals surface area (Å²) in [5.41, 5.74) is 3.10. The van der Waals surface area contributed by atoms with E-state index in [2.05, 4.69) is 22.0 Å². The first-order chi connectivity index (χ1) is 15.1. The van der Waals surface area contributed by atoms with Gasteiger partial charge in [-0.05, 0) is 56.1 Å². The van der Waals surface area contributed by atoms with Gasteiger partial charge in [-0.1, -0.05) is 12.1 Å². The lowest BCUT2D eigenvalue weighted by atomic mass is 10.1. The van der Waals surface area contributed by atoms with Crippen LogP contribution in [0.15, 0.2) is 65.8 Å². The zero-order valence-electron chi connectivity index (χ0n) is 18.0. The molecule has 7 heteroatoms. The van der Waals surface area contributed by atoms with Crippen LogP contribution in [-0.2, 0) is 4.74 Å². The number of nitrogens with one attached hydrogen (secondary N) is 1. The van der Waals surface area contributed by atoms with E-state index in [4.69, 9.17) is 9.72 Å². The maximum Gasteiger partial charge on any atom is 0.165 e. The third kappa shape index (κ3) is 5.13. The summed E-state index contributed by atoms with van der Waals surface area (Å²) in [5, 5.41) is 4.21. The number of fused-ring (bicyclic) bond motifs is 1. The average molecular weight is 420 g/mol. The topological polar surface area (TPSA) is 64.3 Å². The molecule has 0 aliphatic carbocycles. The Morgan fingerprint density at radius 1 is 1.13 bits per heavy atom. The molecule has 0 unspecified atom stereocenters. The summed E-state index contributed by atoms with van der Waals surface area (Å²) in [4.78, 5) is 12.6. The molecule has 2 aromatic carbocycles. The number of halogens is 1. The Hall–Kier alpha value is -3.58. The maximum atomic E-state index is 14.4. The summed E-state index contributed by atoms with van der Waals surface area (Å²) >= 11 is 0. The van der Waals surface area contributed by atoms with Gasteiger partial charge in [0.05, 0.1) is 17.7 Å². The second-order valence-electron chi connectivity index (χ2n) is 6.84. The van der Waals surface area contributed by atoms with E-state index >= 15 is 0 Å². The molecule has 2 heterocycles. The number of ether oxygens (including phenoxy) is 1. The molecule has 0 aliphatic rings. The van der Waals surface area contributed by atoms with Crippen molar-refractivity contribution in [1.82, 2.24) is 14.5 Å². The molecule has 0 radical (unpaired) electrons. The minimum atomic E-state index is -0.341. The lowest BCUT2D eigenvalue weighted by molar-refractivity contribution is 0.211. The summed E-state index contributed by atoms with van der Waals surface area (Å²) in [6.07, 6.45) is 1.95. The van der Waals surface area contributed by atoms with Crippen LogP contribution in [0.4, 0.5) is 10.1 Å². The van der Waals surface area contributed by atoms with Crippen LogP contribution in [0, 0.1) is 12.7 Å². The summed E-state index contributed by atoms with van der Waals surface area (Å²) in [5.74, 6) is 0.753. The number of hydrogen-bond acceptors (Lipinski definition) is 5. The van der Waals surface area contributed by atoms with Crippen molar-refractivity contribution < 1.29 is 9.13 Å². The number of nitrogens with zero attached hydrogens (tertiary/aromatic N) is 4. The van der Waals surface area contributed by atoms with E-state index in [9.17, 15) is 4.39 Å². The van der Waals surface area contributed by atoms with Crippen LogP contribution in [0.3, 0.4) is 0 Å². The third-order valence-electron chi connectivity index (χ3n) is 4.61. The van der Waals surface area contributed by atoms with Gasteiger partial charge in [0.25, 0.3) is 0 Å². The highest BCUT2D eigenvalue weighted by molar-refractivity contribution is 5.89. The molecule has 0 saturated carbocycles. The predicted molar refractivity (Wildman–Crippen MR) is 125 cm³/mol. The largest absolute Gasteiger partial charge is 0.383 e. The van der Waals surface area contributed by atoms with Crippen molar-refractivity contribution in [1.29, 1.82) is 0 Å². The molecule has 160 valence electrons. The molecule has 1 N–H and O–H groups in total. The fourth-order valence-electron chi connectivity index (χ4n) is 3.17. The fraction of sp³-hybridized carbons (Fsp3) is 0.208. The highest BCUT2D eigenvalue weighted by Gasteiger charge is 2.14. The molecule has 6 nitrogen and oxygen atoms in total. The van der Waals surface area contributed by atoms with Crippen LogP contribution in [0.5, 0.6) is 0 Å². The number of methoxy groups -OCH3 is 1. The summed E-state index contributed by atoms with van der Waals surface area (Å²) in [6, 6.07) is 16.5. The van der Waals surface area contributed by atoms with Crippen LogP contribution < -0.4 is 5.32 Å². The monoisotopic (exact) mass is 419 g/mol. The average Bonchev–Trinajstić information content (AvgIpc) is 3.19. The quantitative estimate of drug-likeness (QED) is 0.356. The lowest BCUT2D eigenvalue weighted by Gasteiger charge is -2.13. The Morgan fingerprint density at radius 3 is 2.58 bits per heavy atom. The first kappa shape index (κ1) is 22.1. The van der Waals surface area contributed by atoms with Gasteiger partial charge in [-0.25, -0.2) is 14.4 Å². The van der Waals surface area contributed by atoms with Gasteiger partial charge in [0.1, 0.15) is 11.6 Å². The Bertz CT molecular complexity index is 1170. The van der Waals surface area contributed by atoms with Crippen LogP contribution in [0.25, 0.3) is 28.1 Å². The standard InChI is InChI=1S/C22H21FN4O.C2H5N/c1-15-6-5-12-27(15)22-18-10-9-16(24-11-13-28-2)14-20(18)25-21(26-22)17-7-3-4-8-19(17)23;1-3-2/h3-10,12,14,24H,11,13H2,1-2H3;1H2,2H3. The molecule has 0 bridgehead atoms. The van der Waals surface area contributed by atoms with E-state index in [1.54, 1.807) is 32.4 Å². The number of aliphatic imine (C=N–C) groups is 1. The number of aryl methyl sites for hydroxylation is 1. The van der Waals surface area contributed by atoms with E-state index in [1.165, 1.54) is 6.07 Å². The van der Waals surface area contributed by atoms with Crippen molar-refractivity contribution >= 4 is 23.3 Å². The minimum absolute atomic E-state index is 0.341. The number of hydrogen-bond donors (Lipinski definition) is 1. The number of benzene rings is 2. The third-order valence-corrected chi connectivity index (χ3v) is 4.61. The second kappa shape index (κ2) is 10.4. The smallest absolute Gasteiger partial charge is 0.165 e. The molecular weight excluding hydrogens is 393 g/mol. The van der Waals surface area contributed by atoms with Crippen LogP contribution in [-0.4, -0.2) is 48.6 Å². The van der Waals surface area contributed by atoms with Gasteiger partial charge in [0.2, 0.25) is 0 Å². The molecule has 4 rings (SSSR count). The number of anilines is 1. The van der Waals surface area contributed by atoms with Gasteiger partial charge >= 0.3 is 0 Å². The van der Waals surface area contributed by atoms with Gasteiger partial charge in [-0.2, -0.15) is 0 Å². The van der Waals surface area contributed by atoms with Crippen molar-refractivity contribution in [3.05, 3.63) is 72.3 Å². The van der Waals surface area contributed by atoms with Crippen LogP contribution in [0.1, 0.15) is 5.69 Å². The van der Waals surface area contributed by atoms with E-state index in [0.29, 0.717) is 24.5 Å². The maximum absolute atomic E-state index is 14.4. The van der Waals surface area contributed by atoms with Gasteiger partial charge in [0.15, 0.2) is 5.82 Å². The van der Waals surface area contributed by atoms with Gasteiger partial charge < -0.3 is 19.6 Å². The Kier molecular flexibility index (Phi) is 7.45. The zero-order chi connectivity index (χ0) is 22.2. The minimum Gasteiger partial charge on any atom is -0.383 e. The molecule has 0 spiro atoms. The number of rotatable bonds is 6. The van der Waals surface area contributed by atoms with Crippen molar-refractivity contribution in [3.8, 4) is 17.2 Å². The molecule has 0 amide bonds. The van der Waals surface area contributed by atoms with Crippen LogP contribution in [0.2, 0.25) is 0 Å². The fourth-order valence-corrected chi connectivity index (χ4v) is 3.17. The summed E-state index contributed by atoms with van der Waals surface area (Å²) in [7, 11) is 3.31. The Labute approximate surface area is 181 Å². The summed E-state index contributed by atoms with van der Waals surface area (Å²) in [6.45, 7) is 6.42. The SMILES string of the molecule is C=NC.COCCNc1ccc2c(-n3cccc3C)nc(-c3ccccc3F)nc2c1. The second-order valence-corrected chi connectivity index (χ2v) is 6.84. The molecule has 0 aliphatic heterocycles. The molecular formula is C24H26FN5O. The highest BCUT2D eigenvalue weighted by atomic mass is 19.1. The van der Waals surface area contributed by atoms with E-state index in [0.717, 1.165) is 28.1 Å². The van der Waals surface area contributed by atoms with E-state index < -0.39 is 0 Å². The van der Waals surface area contributed by atoms with Crippen molar-refractivity contribution in [2.45, 2.75) is 6.92 Å². The first-order valence-electron chi connectivity index (χ1n) is 9.87. The Balaban J connectivity index is 0.000000858. The van der Waals surface area contributed by atoms with Gasteiger partial charge in [0, 0.05) is 43.7 Å². The normalized spacial score (nSPS) is 10.5. The predicted octanol–water partition coefficient (Wildman–Crippen LogP) is 4.91. The Morgan fingerprint density at radius 2 is 1.90 bits per heavy atom. The van der Waals surface area contributed by atoms with Crippen molar-refractivity contribution in [2.24, 2.45) is 4.99 Å². The molecule has 0 fully saturated rings. The molecule has 0 saturated heterocycles. The zero-order valence-corrected chi connectivity index (χ0v) is 18.0. The molecule has 4 aromatic rings. The lowest BCUT2D eigenvalue weighted by Crippen LogP contribution is -2.08. The van der Waals surface area contributed by atoms with Crippen molar-refractivity contribution in [2.75, 3.05) is 32.6 Å². The van der Waals surface area contributed by atoms with E-state index in [-0.39, 0.29) is 5.82 Å². The summed E-state index contributed by atoms with van der Waals surface area (Å²) < 4.78 is 21.5. The van der Waals surface area contributed by atoms with Crippen LogP contribution >= 0.6 is 0 Å². The van der Waals surface area contributed by atoms with E-state index in [1.807, 2.05) is 48.0 Å². The van der Waals surface area contributed by atoms with Gasteiger partial charge in [-0.3, -0.25) is 0 Å².